The normalized spacial score (nSPS) is 29.8. The van der Waals surface area contributed by atoms with E-state index in [1.807, 2.05) is 0 Å². The maximum Gasteiger partial charge on any atom is 0.0431 e. The topological polar surface area (TPSA) is 32.3 Å². The Hall–Kier alpha value is -0.0800. The highest BCUT2D eigenvalue weighted by atomic mass is 16.2. The molecule has 2 unspecified atom stereocenters. The van der Waals surface area contributed by atoms with Crippen LogP contribution in [0.1, 0.15) is 58.8 Å². The highest BCUT2D eigenvalue weighted by molar-refractivity contribution is 4.93. The Labute approximate surface area is 101 Å². The van der Waals surface area contributed by atoms with Crippen LogP contribution in [0.3, 0.4) is 0 Å². The zero-order valence-corrected chi connectivity index (χ0v) is 11.1. The maximum atomic E-state index is 8.96. The first-order valence-corrected chi connectivity index (χ1v) is 7.10. The first-order valence-electron chi connectivity index (χ1n) is 7.10. The van der Waals surface area contributed by atoms with E-state index in [1.165, 1.54) is 51.6 Å². The van der Waals surface area contributed by atoms with Gasteiger partial charge in [0.25, 0.3) is 0 Å². The molecule has 1 aliphatic rings. The molecule has 0 aromatic carbocycles. The Balaban J connectivity index is 2.46. The standard InChI is InChI=1S/C14H29NO/c1-3-5-6-9-14(4-2)12-15-11-13(14)8-7-10-16/h13,15-16H,3-12H2,1-2H3. The minimum atomic E-state index is 0.352. The monoisotopic (exact) mass is 227 g/mol. The molecule has 1 rings (SSSR count). The molecule has 1 saturated heterocycles. The average molecular weight is 227 g/mol. The fraction of sp³-hybridized carbons (Fsp3) is 1.00. The predicted octanol–water partition coefficient (Wildman–Crippen LogP) is 2.96. The molecule has 1 heterocycles. The average Bonchev–Trinajstić information content (AvgIpc) is 2.70. The van der Waals surface area contributed by atoms with Crippen LogP contribution in [0.2, 0.25) is 0 Å². The summed E-state index contributed by atoms with van der Waals surface area (Å²) in [6.07, 6.45) is 8.90. The molecule has 96 valence electrons. The zero-order chi connectivity index (χ0) is 11.9. The van der Waals surface area contributed by atoms with Gasteiger partial charge in [0.05, 0.1) is 0 Å². The van der Waals surface area contributed by atoms with E-state index in [2.05, 4.69) is 19.2 Å². The molecule has 0 bridgehead atoms. The lowest BCUT2D eigenvalue weighted by molar-refractivity contribution is 0.166. The summed E-state index contributed by atoms with van der Waals surface area (Å²) in [5.41, 5.74) is 0.532. The second-order valence-corrected chi connectivity index (χ2v) is 5.37. The summed E-state index contributed by atoms with van der Waals surface area (Å²) in [6.45, 7) is 7.33. The van der Waals surface area contributed by atoms with E-state index in [4.69, 9.17) is 5.11 Å². The number of unbranched alkanes of at least 4 members (excludes halogenated alkanes) is 2. The highest BCUT2D eigenvalue weighted by Gasteiger charge is 2.39. The summed E-state index contributed by atoms with van der Waals surface area (Å²) in [6, 6.07) is 0. The summed E-state index contributed by atoms with van der Waals surface area (Å²) < 4.78 is 0. The molecule has 0 saturated carbocycles. The molecule has 0 radical (unpaired) electrons. The van der Waals surface area contributed by atoms with Gasteiger partial charge in [-0.2, -0.15) is 0 Å². The van der Waals surface area contributed by atoms with E-state index in [9.17, 15) is 0 Å². The van der Waals surface area contributed by atoms with Crippen molar-refractivity contribution >= 4 is 0 Å². The number of aliphatic hydroxyl groups is 1. The number of nitrogens with one attached hydrogen (secondary N) is 1. The van der Waals surface area contributed by atoms with Gasteiger partial charge in [0.15, 0.2) is 0 Å². The lowest BCUT2D eigenvalue weighted by Gasteiger charge is -2.34. The van der Waals surface area contributed by atoms with Gasteiger partial charge < -0.3 is 10.4 Å². The van der Waals surface area contributed by atoms with Gasteiger partial charge in [0.1, 0.15) is 0 Å². The van der Waals surface area contributed by atoms with E-state index in [1.54, 1.807) is 0 Å². The Bertz CT molecular complexity index is 184. The third kappa shape index (κ3) is 3.46. The molecule has 2 heteroatoms. The van der Waals surface area contributed by atoms with Crippen molar-refractivity contribution in [3.8, 4) is 0 Å². The van der Waals surface area contributed by atoms with Gasteiger partial charge in [-0.05, 0) is 43.6 Å². The molecule has 2 nitrogen and oxygen atoms in total. The van der Waals surface area contributed by atoms with Gasteiger partial charge in [-0.1, -0.05) is 33.1 Å². The molecule has 16 heavy (non-hydrogen) atoms. The van der Waals surface area contributed by atoms with Crippen molar-refractivity contribution in [2.75, 3.05) is 19.7 Å². The molecule has 0 aromatic rings. The lowest BCUT2D eigenvalue weighted by Crippen LogP contribution is -2.29. The molecular weight excluding hydrogens is 198 g/mol. The van der Waals surface area contributed by atoms with Crippen molar-refractivity contribution in [2.24, 2.45) is 11.3 Å². The van der Waals surface area contributed by atoms with Crippen molar-refractivity contribution in [1.29, 1.82) is 0 Å². The first kappa shape index (κ1) is 14.0. The molecule has 0 aromatic heterocycles. The molecule has 0 spiro atoms. The van der Waals surface area contributed by atoms with E-state index >= 15 is 0 Å². The molecule has 1 fully saturated rings. The number of hydrogen-bond donors (Lipinski definition) is 2. The molecule has 2 atom stereocenters. The van der Waals surface area contributed by atoms with Crippen LogP contribution in [0, 0.1) is 11.3 Å². The van der Waals surface area contributed by atoms with Gasteiger partial charge in [0.2, 0.25) is 0 Å². The van der Waals surface area contributed by atoms with Gasteiger partial charge in [0, 0.05) is 13.2 Å². The molecule has 0 aliphatic carbocycles. The fourth-order valence-corrected chi connectivity index (χ4v) is 3.21. The molecule has 0 amide bonds. The van der Waals surface area contributed by atoms with Crippen LogP contribution in [0.25, 0.3) is 0 Å². The molecule has 1 aliphatic heterocycles. The van der Waals surface area contributed by atoms with E-state index < -0.39 is 0 Å². The minimum absolute atomic E-state index is 0.352. The summed E-state index contributed by atoms with van der Waals surface area (Å²) in [5.74, 6) is 0.793. The maximum absolute atomic E-state index is 8.96. The van der Waals surface area contributed by atoms with E-state index in [0.717, 1.165) is 12.3 Å². The quantitative estimate of drug-likeness (QED) is 0.625. The highest BCUT2D eigenvalue weighted by Crippen LogP contribution is 2.42. The second kappa shape index (κ2) is 7.29. The van der Waals surface area contributed by atoms with Crippen LogP contribution in [-0.2, 0) is 0 Å². The Kier molecular flexibility index (Phi) is 6.37. The van der Waals surface area contributed by atoms with Gasteiger partial charge >= 0.3 is 0 Å². The second-order valence-electron chi connectivity index (χ2n) is 5.37. The van der Waals surface area contributed by atoms with Crippen molar-refractivity contribution < 1.29 is 5.11 Å². The Morgan fingerprint density at radius 3 is 2.69 bits per heavy atom. The Morgan fingerprint density at radius 1 is 1.25 bits per heavy atom. The first-order chi connectivity index (χ1) is 7.79. The minimum Gasteiger partial charge on any atom is -0.396 e. The largest absolute Gasteiger partial charge is 0.396 e. The summed E-state index contributed by atoms with van der Waals surface area (Å²) in [7, 11) is 0. The number of rotatable bonds is 8. The smallest absolute Gasteiger partial charge is 0.0431 e. The third-order valence-corrected chi connectivity index (χ3v) is 4.43. The number of hydrogen-bond acceptors (Lipinski definition) is 2. The van der Waals surface area contributed by atoms with Gasteiger partial charge in [-0.25, -0.2) is 0 Å². The van der Waals surface area contributed by atoms with Crippen molar-refractivity contribution in [3.05, 3.63) is 0 Å². The third-order valence-electron chi connectivity index (χ3n) is 4.43. The number of aliphatic hydroxyl groups excluding tert-OH is 1. The van der Waals surface area contributed by atoms with Crippen LogP contribution in [0.4, 0.5) is 0 Å². The Morgan fingerprint density at radius 2 is 2.06 bits per heavy atom. The van der Waals surface area contributed by atoms with E-state index in [-0.39, 0.29) is 0 Å². The summed E-state index contributed by atoms with van der Waals surface area (Å²) in [4.78, 5) is 0. The van der Waals surface area contributed by atoms with Crippen LogP contribution < -0.4 is 5.32 Å². The lowest BCUT2D eigenvalue weighted by atomic mass is 9.70. The van der Waals surface area contributed by atoms with Crippen molar-refractivity contribution in [2.45, 2.75) is 58.8 Å². The fourth-order valence-electron chi connectivity index (χ4n) is 3.21. The van der Waals surface area contributed by atoms with Crippen LogP contribution in [0.15, 0.2) is 0 Å². The van der Waals surface area contributed by atoms with Crippen molar-refractivity contribution in [1.82, 2.24) is 5.32 Å². The summed E-state index contributed by atoms with van der Waals surface area (Å²) in [5, 5.41) is 12.5. The van der Waals surface area contributed by atoms with Crippen molar-refractivity contribution in [3.63, 3.8) is 0 Å². The van der Waals surface area contributed by atoms with Crippen LogP contribution in [-0.4, -0.2) is 24.8 Å². The molecular formula is C14H29NO. The van der Waals surface area contributed by atoms with Gasteiger partial charge in [-0.15, -0.1) is 0 Å². The van der Waals surface area contributed by atoms with Crippen LogP contribution in [0.5, 0.6) is 0 Å². The van der Waals surface area contributed by atoms with E-state index in [0.29, 0.717) is 12.0 Å². The zero-order valence-electron chi connectivity index (χ0n) is 11.1. The van der Waals surface area contributed by atoms with Crippen LogP contribution >= 0.6 is 0 Å². The SMILES string of the molecule is CCCCCC1(CC)CNCC1CCCO. The van der Waals surface area contributed by atoms with Gasteiger partial charge in [-0.3, -0.25) is 0 Å². The molecule has 2 N–H and O–H groups in total. The predicted molar refractivity (Wildman–Crippen MR) is 69.5 cm³/mol. The summed E-state index contributed by atoms with van der Waals surface area (Å²) >= 11 is 0.